The SMILES string of the molecule is CCOC(=O)c1c(C)cc(C=O)c(OC)c1C. The van der Waals surface area contributed by atoms with E-state index in [1.54, 1.807) is 26.8 Å². The Morgan fingerprint density at radius 3 is 2.53 bits per heavy atom. The fraction of sp³-hybridized carbons (Fsp3) is 0.385. The average Bonchev–Trinajstić information content (AvgIpc) is 2.28. The van der Waals surface area contributed by atoms with Crippen LogP contribution in [0.25, 0.3) is 0 Å². The first-order valence-corrected chi connectivity index (χ1v) is 5.37. The average molecular weight is 236 g/mol. The molecule has 1 aromatic rings. The van der Waals surface area contributed by atoms with E-state index in [4.69, 9.17) is 9.47 Å². The zero-order chi connectivity index (χ0) is 13.0. The van der Waals surface area contributed by atoms with Gasteiger partial charge in [0.2, 0.25) is 0 Å². The molecule has 1 rings (SSSR count). The Bertz CT molecular complexity index is 449. The van der Waals surface area contributed by atoms with Gasteiger partial charge >= 0.3 is 5.97 Å². The lowest BCUT2D eigenvalue weighted by atomic mass is 9.98. The van der Waals surface area contributed by atoms with Gasteiger partial charge in [-0.2, -0.15) is 0 Å². The van der Waals surface area contributed by atoms with Crippen molar-refractivity contribution in [2.75, 3.05) is 13.7 Å². The second-order valence-corrected chi connectivity index (χ2v) is 3.65. The van der Waals surface area contributed by atoms with Gasteiger partial charge in [-0.25, -0.2) is 4.79 Å². The number of aldehydes is 1. The third kappa shape index (κ3) is 2.46. The Kier molecular flexibility index (Phi) is 4.26. The van der Waals surface area contributed by atoms with Crippen molar-refractivity contribution in [3.8, 4) is 5.75 Å². The molecule has 4 nitrogen and oxygen atoms in total. The molecule has 0 aliphatic heterocycles. The number of hydrogen-bond acceptors (Lipinski definition) is 4. The summed E-state index contributed by atoms with van der Waals surface area (Å²) in [7, 11) is 1.47. The molecule has 0 bridgehead atoms. The largest absolute Gasteiger partial charge is 0.496 e. The third-order valence-corrected chi connectivity index (χ3v) is 2.55. The van der Waals surface area contributed by atoms with Crippen LogP contribution in [0.2, 0.25) is 0 Å². The van der Waals surface area contributed by atoms with E-state index in [2.05, 4.69) is 0 Å². The highest BCUT2D eigenvalue weighted by Gasteiger charge is 2.19. The van der Waals surface area contributed by atoms with Crippen molar-refractivity contribution in [1.82, 2.24) is 0 Å². The molecule has 0 unspecified atom stereocenters. The molecule has 1 aromatic carbocycles. The minimum atomic E-state index is -0.391. The predicted octanol–water partition coefficient (Wildman–Crippen LogP) is 2.30. The smallest absolute Gasteiger partial charge is 0.338 e. The van der Waals surface area contributed by atoms with Crippen LogP contribution in [-0.2, 0) is 4.74 Å². The number of hydrogen-bond donors (Lipinski definition) is 0. The van der Waals surface area contributed by atoms with Gasteiger partial charge in [-0.05, 0) is 32.4 Å². The lowest BCUT2D eigenvalue weighted by molar-refractivity contribution is 0.0524. The Balaban J connectivity index is 3.41. The van der Waals surface area contributed by atoms with Gasteiger partial charge in [0.15, 0.2) is 6.29 Å². The molecule has 0 heterocycles. The summed E-state index contributed by atoms with van der Waals surface area (Å²) in [5, 5.41) is 0. The fourth-order valence-corrected chi connectivity index (χ4v) is 1.87. The number of esters is 1. The van der Waals surface area contributed by atoms with Crippen LogP contribution in [0.15, 0.2) is 6.07 Å². The molecular formula is C13H16O4. The first-order chi connectivity index (χ1) is 8.06. The highest BCUT2D eigenvalue weighted by atomic mass is 16.5. The maximum absolute atomic E-state index is 11.8. The van der Waals surface area contributed by atoms with E-state index in [1.807, 2.05) is 0 Å². The van der Waals surface area contributed by atoms with Crippen molar-refractivity contribution >= 4 is 12.3 Å². The first-order valence-electron chi connectivity index (χ1n) is 5.37. The van der Waals surface area contributed by atoms with Gasteiger partial charge in [0.25, 0.3) is 0 Å². The van der Waals surface area contributed by atoms with E-state index in [0.717, 1.165) is 0 Å². The van der Waals surface area contributed by atoms with Gasteiger partial charge in [0.05, 0.1) is 24.8 Å². The predicted molar refractivity (Wildman–Crippen MR) is 63.8 cm³/mol. The topological polar surface area (TPSA) is 52.6 Å². The number of benzene rings is 1. The van der Waals surface area contributed by atoms with Gasteiger partial charge in [-0.3, -0.25) is 4.79 Å². The molecule has 0 N–H and O–H groups in total. The number of rotatable bonds is 4. The van der Waals surface area contributed by atoms with E-state index in [0.29, 0.717) is 40.9 Å². The standard InChI is InChI=1S/C13H16O4/c1-5-17-13(15)11-8(2)6-10(7-14)12(16-4)9(11)3/h6-7H,5H2,1-4H3. The summed E-state index contributed by atoms with van der Waals surface area (Å²) in [6.45, 7) is 5.58. The third-order valence-electron chi connectivity index (χ3n) is 2.55. The van der Waals surface area contributed by atoms with Crippen molar-refractivity contribution in [1.29, 1.82) is 0 Å². The van der Waals surface area contributed by atoms with Crippen LogP contribution in [0.4, 0.5) is 0 Å². The number of carbonyl (C=O) groups excluding carboxylic acids is 2. The molecule has 0 aliphatic carbocycles. The summed E-state index contributed by atoms with van der Waals surface area (Å²) in [6, 6.07) is 1.63. The van der Waals surface area contributed by atoms with Crippen molar-refractivity contribution in [2.24, 2.45) is 0 Å². The van der Waals surface area contributed by atoms with Gasteiger partial charge in [0.1, 0.15) is 5.75 Å². The van der Waals surface area contributed by atoms with Gasteiger partial charge < -0.3 is 9.47 Å². The zero-order valence-corrected chi connectivity index (χ0v) is 10.5. The van der Waals surface area contributed by atoms with Crippen molar-refractivity contribution in [3.05, 3.63) is 28.3 Å². The van der Waals surface area contributed by atoms with Crippen LogP contribution in [-0.4, -0.2) is 26.0 Å². The number of aryl methyl sites for hydroxylation is 1. The molecular weight excluding hydrogens is 220 g/mol. The molecule has 17 heavy (non-hydrogen) atoms. The van der Waals surface area contributed by atoms with Crippen molar-refractivity contribution < 1.29 is 19.1 Å². The van der Waals surface area contributed by atoms with Crippen LogP contribution in [0.5, 0.6) is 5.75 Å². The van der Waals surface area contributed by atoms with E-state index < -0.39 is 5.97 Å². The monoisotopic (exact) mass is 236 g/mol. The molecule has 0 saturated carbocycles. The normalized spacial score (nSPS) is 9.88. The summed E-state index contributed by atoms with van der Waals surface area (Å²) in [4.78, 5) is 22.7. The molecule has 0 spiro atoms. The quantitative estimate of drug-likeness (QED) is 0.594. The minimum absolute atomic E-state index is 0.315. The molecule has 0 atom stereocenters. The molecule has 0 fully saturated rings. The lowest BCUT2D eigenvalue weighted by Gasteiger charge is -2.14. The second-order valence-electron chi connectivity index (χ2n) is 3.65. The summed E-state index contributed by atoms with van der Waals surface area (Å²) >= 11 is 0. The summed E-state index contributed by atoms with van der Waals surface area (Å²) < 4.78 is 10.1. The maximum Gasteiger partial charge on any atom is 0.338 e. The van der Waals surface area contributed by atoms with E-state index in [-0.39, 0.29) is 0 Å². The highest BCUT2D eigenvalue weighted by molar-refractivity contribution is 5.95. The molecule has 0 amide bonds. The molecule has 92 valence electrons. The van der Waals surface area contributed by atoms with Crippen LogP contribution in [0.1, 0.15) is 38.8 Å². The van der Waals surface area contributed by atoms with E-state index >= 15 is 0 Å². The van der Waals surface area contributed by atoms with Crippen LogP contribution in [0, 0.1) is 13.8 Å². The van der Waals surface area contributed by atoms with E-state index in [9.17, 15) is 9.59 Å². The van der Waals surface area contributed by atoms with Gasteiger partial charge in [0, 0.05) is 5.56 Å². The molecule has 0 aromatic heterocycles. The summed E-state index contributed by atoms with van der Waals surface area (Å²) in [5.41, 5.74) is 2.25. The fourth-order valence-electron chi connectivity index (χ4n) is 1.87. The van der Waals surface area contributed by atoms with Crippen LogP contribution < -0.4 is 4.74 Å². The van der Waals surface area contributed by atoms with Crippen molar-refractivity contribution in [3.63, 3.8) is 0 Å². The van der Waals surface area contributed by atoms with Gasteiger partial charge in [-0.1, -0.05) is 0 Å². The Labute approximate surface area is 101 Å². The molecule has 0 aliphatic rings. The van der Waals surface area contributed by atoms with Crippen LogP contribution in [0.3, 0.4) is 0 Å². The number of ether oxygens (including phenoxy) is 2. The molecule has 0 saturated heterocycles. The first kappa shape index (κ1) is 13.2. The maximum atomic E-state index is 11.8. The van der Waals surface area contributed by atoms with E-state index in [1.165, 1.54) is 7.11 Å². The summed E-state index contributed by atoms with van der Waals surface area (Å²) in [5.74, 6) is 0.0342. The Hall–Kier alpha value is -1.84. The van der Waals surface area contributed by atoms with Crippen LogP contribution >= 0.6 is 0 Å². The Morgan fingerprint density at radius 1 is 1.41 bits per heavy atom. The number of carbonyl (C=O) groups is 2. The molecule has 0 radical (unpaired) electrons. The highest BCUT2D eigenvalue weighted by Crippen LogP contribution is 2.28. The van der Waals surface area contributed by atoms with Crippen molar-refractivity contribution in [2.45, 2.75) is 20.8 Å². The zero-order valence-electron chi connectivity index (χ0n) is 10.5. The molecule has 4 heteroatoms. The number of methoxy groups -OCH3 is 1. The van der Waals surface area contributed by atoms with Gasteiger partial charge in [-0.15, -0.1) is 0 Å². The lowest BCUT2D eigenvalue weighted by Crippen LogP contribution is -2.11. The summed E-state index contributed by atoms with van der Waals surface area (Å²) in [6.07, 6.45) is 0.716. The minimum Gasteiger partial charge on any atom is -0.496 e. The Morgan fingerprint density at radius 2 is 2.06 bits per heavy atom. The second kappa shape index (κ2) is 5.48.